The molecule has 0 aliphatic rings. The van der Waals surface area contributed by atoms with Crippen LogP contribution in [0.1, 0.15) is 16.1 Å². The minimum absolute atomic E-state index is 0.236. The van der Waals surface area contributed by atoms with Crippen LogP contribution in [0.3, 0.4) is 0 Å². The molecule has 0 aliphatic heterocycles. The molecule has 0 radical (unpaired) electrons. The zero-order chi connectivity index (χ0) is 13.1. The molecule has 0 saturated carbocycles. The average Bonchev–Trinajstić information content (AvgIpc) is 2.79. The second kappa shape index (κ2) is 5.20. The summed E-state index contributed by atoms with van der Waals surface area (Å²) in [7, 11) is 1.85. The molecule has 2 aromatic rings. The van der Waals surface area contributed by atoms with Crippen LogP contribution in [0.15, 0.2) is 30.5 Å². The van der Waals surface area contributed by atoms with Crippen molar-refractivity contribution in [3.8, 4) is 5.69 Å². The predicted octanol–water partition coefficient (Wildman–Crippen LogP) is 1.34. The third-order valence-corrected chi connectivity index (χ3v) is 2.73. The molecule has 0 bridgehead atoms. The third kappa shape index (κ3) is 2.52. The van der Waals surface area contributed by atoms with Gasteiger partial charge < -0.3 is 11.1 Å². The molecular formula is C12H13ClN4O. The number of hydrogen-bond donors (Lipinski definition) is 2. The third-order valence-electron chi connectivity index (χ3n) is 2.50. The molecule has 0 saturated heterocycles. The van der Waals surface area contributed by atoms with Gasteiger partial charge in [0.1, 0.15) is 5.69 Å². The van der Waals surface area contributed by atoms with E-state index in [1.807, 2.05) is 19.2 Å². The SMILES string of the molecule is CNCc1cc(Cl)ccc1-n1ccc(C(N)=O)n1. The zero-order valence-corrected chi connectivity index (χ0v) is 10.6. The van der Waals surface area contributed by atoms with Gasteiger partial charge in [-0.2, -0.15) is 5.10 Å². The monoisotopic (exact) mass is 264 g/mol. The van der Waals surface area contributed by atoms with E-state index in [9.17, 15) is 4.79 Å². The molecule has 0 aliphatic carbocycles. The Morgan fingerprint density at radius 3 is 2.89 bits per heavy atom. The summed E-state index contributed by atoms with van der Waals surface area (Å²) in [4.78, 5) is 11.0. The maximum atomic E-state index is 11.0. The van der Waals surface area contributed by atoms with Crippen molar-refractivity contribution in [2.45, 2.75) is 6.54 Å². The Kier molecular flexibility index (Phi) is 3.64. The zero-order valence-electron chi connectivity index (χ0n) is 9.85. The lowest BCUT2D eigenvalue weighted by molar-refractivity contribution is 0.0995. The predicted molar refractivity (Wildman–Crippen MR) is 69.9 cm³/mol. The number of rotatable bonds is 4. The Bertz CT molecular complexity index is 579. The number of primary amides is 1. The fraction of sp³-hybridized carbons (Fsp3) is 0.167. The van der Waals surface area contributed by atoms with Crippen LogP contribution in [0.5, 0.6) is 0 Å². The van der Waals surface area contributed by atoms with Crippen molar-refractivity contribution in [3.63, 3.8) is 0 Å². The van der Waals surface area contributed by atoms with E-state index in [-0.39, 0.29) is 5.69 Å². The number of halogens is 1. The van der Waals surface area contributed by atoms with E-state index < -0.39 is 5.91 Å². The lowest BCUT2D eigenvalue weighted by Gasteiger charge is -2.09. The van der Waals surface area contributed by atoms with Crippen molar-refractivity contribution < 1.29 is 4.79 Å². The van der Waals surface area contributed by atoms with Crippen LogP contribution >= 0.6 is 11.6 Å². The van der Waals surface area contributed by atoms with E-state index in [0.29, 0.717) is 11.6 Å². The molecule has 5 nitrogen and oxygen atoms in total. The fourth-order valence-corrected chi connectivity index (χ4v) is 1.89. The Morgan fingerprint density at radius 2 is 2.28 bits per heavy atom. The highest BCUT2D eigenvalue weighted by Crippen LogP contribution is 2.19. The minimum Gasteiger partial charge on any atom is -0.364 e. The van der Waals surface area contributed by atoms with Gasteiger partial charge in [-0.25, -0.2) is 4.68 Å². The van der Waals surface area contributed by atoms with E-state index >= 15 is 0 Å². The van der Waals surface area contributed by atoms with Crippen molar-refractivity contribution in [1.82, 2.24) is 15.1 Å². The van der Waals surface area contributed by atoms with Crippen LogP contribution in [-0.2, 0) is 6.54 Å². The molecule has 2 rings (SSSR count). The van der Waals surface area contributed by atoms with Gasteiger partial charge in [-0.15, -0.1) is 0 Å². The molecule has 1 heterocycles. The first-order valence-electron chi connectivity index (χ1n) is 5.40. The van der Waals surface area contributed by atoms with Gasteiger partial charge in [0.25, 0.3) is 5.91 Å². The van der Waals surface area contributed by atoms with E-state index in [0.717, 1.165) is 11.3 Å². The second-order valence-corrected chi connectivity index (χ2v) is 4.25. The van der Waals surface area contributed by atoms with Crippen molar-refractivity contribution in [2.24, 2.45) is 5.73 Å². The van der Waals surface area contributed by atoms with Gasteiger partial charge in [0, 0.05) is 17.8 Å². The molecular weight excluding hydrogens is 252 g/mol. The van der Waals surface area contributed by atoms with Crippen molar-refractivity contribution in [3.05, 3.63) is 46.7 Å². The lowest BCUT2D eigenvalue weighted by atomic mass is 10.2. The number of amides is 1. The number of nitrogens with zero attached hydrogens (tertiary/aromatic N) is 2. The first-order valence-corrected chi connectivity index (χ1v) is 5.78. The number of nitrogens with one attached hydrogen (secondary N) is 1. The topological polar surface area (TPSA) is 72.9 Å². The highest BCUT2D eigenvalue weighted by Gasteiger charge is 2.09. The molecule has 6 heteroatoms. The normalized spacial score (nSPS) is 10.6. The van der Waals surface area contributed by atoms with Crippen LogP contribution in [0.4, 0.5) is 0 Å². The molecule has 0 atom stereocenters. The van der Waals surface area contributed by atoms with Crippen LogP contribution < -0.4 is 11.1 Å². The quantitative estimate of drug-likeness (QED) is 0.875. The molecule has 0 unspecified atom stereocenters. The van der Waals surface area contributed by atoms with Gasteiger partial charge in [-0.1, -0.05) is 11.6 Å². The largest absolute Gasteiger partial charge is 0.364 e. The van der Waals surface area contributed by atoms with Crippen LogP contribution in [0, 0.1) is 0 Å². The van der Waals surface area contributed by atoms with Crippen molar-refractivity contribution in [1.29, 1.82) is 0 Å². The number of carbonyl (C=O) groups is 1. The van der Waals surface area contributed by atoms with Crippen molar-refractivity contribution >= 4 is 17.5 Å². The Labute approximate surface area is 110 Å². The molecule has 1 aromatic heterocycles. The first kappa shape index (κ1) is 12.6. The summed E-state index contributed by atoms with van der Waals surface area (Å²) in [5.41, 5.74) is 7.27. The molecule has 0 spiro atoms. The molecule has 94 valence electrons. The second-order valence-electron chi connectivity index (χ2n) is 3.81. The van der Waals surface area contributed by atoms with Gasteiger partial charge in [-0.3, -0.25) is 4.79 Å². The van der Waals surface area contributed by atoms with Gasteiger partial charge in [0.2, 0.25) is 0 Å². The van der Waals surface area contributed by atoms with Crippen molar-refractivity contribution in [2.75, 3.05) is 7.05 Å². The summed E-state index contributed by atoms with van der Waals surface area (Å²) in [5, 5.41) is 7.84. The maximum absolute atomic E-state index is 11.0. The van der Waals surface area contributed by atoms with Crippen LogP contribution in [0.2, 0.25) is 5.02 Å². The van der Waals surface area contributed by atoms with E-state index in [4.69, 9.17) is 17.3 Å². The summed E-state index contributed by atoms with van der Waals surface area (Å²) < 4.78 is 1.61. The first-order chi connectivity index (χ1) is 8.61. The van der Waals surface area contributed by atoms with Gasteiger partial charge in [-0.05, 0) is 36.9 Å². The highest BCUT2D eigenvalue weighted by atomic mass is 35.5. The lowest BCUT2D eigenvalue weighted by Crippen LogP contribution is -2.13. The molecule has 1 amide bonds. The number of hydrogen-bond acceptors (Lipinski definition) is 3. The smallest absolute Gasteiger partial charge is 0.269 e. The van der Waals surface area contributed by atoms with Crippen LogP contribution in [0.25, 0.3) is 5.69 Å². The summed E-state index contributed by atoms with van der Waals surface area (Å²) in [5.74, 6) is -0.544. The fourth-order valence-electron chi connectivity index (χ4n) is 1.70. The summed E-state index contributed by atoms with van der Waals surface area (Å²) in [6, 6.07) is 7.08. The molecule has 1 aromatic carbocycles. The number of aromatic nitrogens is 2. The van der Waals surface area contributed by atoms with Gasteiger partial charge >= 0.3 is 0 Å². The van der Waals surface area contributed by atoms with E-state index in [1.165, 1.54) is 0 Å². The number of carbonyl (C=O) groups excluding carboxylic acids is 1. The summed E-state index contributed by atoms with van der Waals surface area (Å²) in [6.45, 7) is 0.654. The van der Waals surface area contributed by atoms with Gasteiger partial charge in [0.05, 0.1) is 5.69 Å². The highest BCUT2D eigenvalue weighted by molar-refractivity contribution is 6.30. The van der Waals surface area contributed by atoms with Crippen LogP contribution in [-0.4, -0.2) is 22.7 Å². The standard InChI is InChI=1S/C12H13ClN4O/c1-15-7-8-6-9(13)2-3-11(8)17-5-4-10(16-17)12(14)18/h2-6,15H,7H2,1H3,(H2,14,18). The summed E-state index contributed by atoms with van der Waals surface area (Å²) >= 11 is 5.96. The minimum atomic E-state index is -0.544. The Balaban J connectivity index is 2.45. The van der Waals surface area contributed by atoms with E-state index in [2.05, 4.69) is 10.4 Å². The summed E-state index contributed by atoms with van der Waals surface area (Å²) in [6.07, 6.45) is 1.70. The molecule has 3 N–H and O–H groups in total. The number of benzene rings is 1. The average molecular weight is 265 g/mol. The van der Waals surface area contributed by atoms with E-state index in [1.54, 1.807) is 23.0 Å². The van der Waals surface area contributed by atoms with Gasteiger partial charge in [0.15, 0.2) is 0 Å². The molecule has 0 fully saturated rings. The maximum Gasteiger partial charge on any atom is 0.269 e. The Hall–Kier alpha value is -1.85. The number of nitrogens with two attached hydrogens (primary N) is 1. The molecule has 18 heavy (non-hydrogen) atoms. The Morgan fingerprint density at radius 1 is 1.50 bits per heavy atom.